The summed E-state index contributed by atoms with van der Waals surface area (Å²) in [5.41, 5.74) is -0.451. The molecule has 9 heteroatoms. The fraction of sp³-hybridized carbons (Fsp3) is 0.882. The zero-order chi connectivity index (χ0) is 19.9. The first kappa shape index (κ1) is 21.1. The van der Waals surface area contributed by atoms with Gasteiger partial charge in [0.05, 0.1) is 12.3 Å². The van der Waals surface area contributed by atoms with Gasteiger partial charge in [-0.25, -0.2) is 8.42 Å². The van der Waals surface area contributed by atoms with Crippen molar-refractivity contribution in [3.05, 3.63) is 0 Å². The molecule has 4 atom stereocenters. The van der Waals surface area contributed by atoms with E-state index in [2.05, 4.69) is 10.6 Å². The predicted octanol–water partition coefficient (Wildman–Crippen LogP) is -0.240. The number of hydrogen-bond acceptors (Lipinski definition) is 5. The maximum Gasteiger partial charge on any atom is 0.245 e. The van der Waals surface area contributed by atoms with Crippen molar-refractivity contribution in [1.29, 1.82) is 0 Å². The van der Waals surface area contributed by atoms with Crippen molar-refractivity contribution < 1.29 is 18.0 Å². The molecule has 2 heterocycles. The molecule has 2 fully saturated rings. The first-order valence-electron chi connectivity index (χ1n) is 9.13. The van der Waals surface area contributed by atoms with Gasteiger partial charge in [0.15, 0.2) is 0 Å². The highest BCUT2D eigenvalue weighted by molar-refractivity contribution is 7.88. The molecule has 3 unspecified atom stereocenters. The van der Waals surface area contributed by atoms with Crippen LogP contribution in [-0.2, 0) is 19.6 Å². The van der Waals surface area contributed by atoms with Crippen LogP contribution in [0.3, 0.4) is 0 Å². The molecule has 0 aromatic heterocycles. The van der Waals surface area contributed by atoms with Crippen molar-refractivity contribution in [2.24, 2.45) is 5.41 Å². The Bertz CT molecular complexity index is 658. The predicted molar refractivity (Wildman–Crippen MR) is 100.0 cm³/mol. The lowest BCUT2D eigenvalue weighted by atomic mass is 9.85. The van der Waals surface area contributed by atoms with Gasteiger partial charge in [0, 0.05) is 25.2 Å². The largest absolute Gasteiger partial charge is 0.342 e. The average molecular weight is 389 g/mol. The second-order valence-electron chi connectivity index (χ2n) is 8.44. The zero-order valence-corrected chi connectivity index (χ0v) is 17.4. The summed E-state index contributed by atoms with van der Waals surface area (Å²) in [6.45, 7) is 8.47. The summed E-state index contributed by atoms with van der Waals surface area (Å²) in [4.78, 5) is 27.4. The zero-order valence-electron chi connectivity index (χ0n) is 16.6. The van der Waals surface area contributed by atoms with Crippen LogP contribution >= 0.6 is 0 Å². The molecule has 0 aromatic rings. The molecule has 2 rings (SSSR count). The summed E-state index contributed by atoms with van der Waals surface area (Å²) < 4.78 is 25.4. The lowest BCUT2D eigenvalue weighted by Crippen LogP contribution is -2.58. The van der Waals surface area contributed by atoms with Crippen LogP contribution in [0, 0.1) is 5.41 Å². The fourth-order valence-corrected chi connectivity index (χ4v) is 5.02. The highest BCUT2D eigenvalue weighted by atomic mass is 32.2. The van der Waals surface area contributed by atoms with Gasteiger partial charge in [0.1, 0.15) is 6.04 Å². The number of amides is 2. The molecule has 8 nitrogen and oxygen atoms in total. The molecule has 2 saturated heterocycles. The average Bonchev–Trinajstić information content (AvgIpc) is 3.10. The third kappa shape index (κ3) is 4.20. The lowest BCUT2D eigenvalue weighted by molar-refractivity contribution is -0.140. The summed E-state index contributed by atoms with van der Waals surface area (Å²) in [6, 6.07) is -1.31. The molecule has 0 saturated carbocycles. The molecule has 0 spiro atoms. The van der Waals surface area contributed by atoms with Gasteiger partial charge in [-0.05, 0) is 32.2 Å². The first-order valence-corrected chi connectivity index (χ1v) is 11.0. The van der Waals surface area contributed by atoms with E-state index in [0.717, 1.165) is 0 Å². The van der Waals surface area contributed by atoms with E-state index in [0.29, 0.717) is 25.9 Å². The Morgan fingerprint density at radius 1 is 1.12 bits per heavy atom. The summed E-state index contributed by atoms with van der Waals surface area (Å²) in [5, 5.41) is 5.76. The van der Waals surface area contributed by atoms with Gasteiger partial charge in [-0.15, -0.1) is 0 Å². The van der Waals surface area contributed by atoms with Crippen LogP contribution in [0.1, 0.15) is 40.5 Å². The standard InChI is InChI=1S/C17H32N4O4S/c1-11(18-5)15(22)19-14(17(2,3)4)16(23)20-9-7-13-12(20)8-10-21(13)26(6,24)25/h11-14,18H,7-10H2,1-6H3,(H,19,22)/t11-,12?,13?,14?/m0/s1. The number of nitrogens with one attached hydrogen (secondary N) is 2. The van der Waals surface area contributed by atoms with Crippen LogP contribution in [-0.4, -0.2) is 80.0 Å². The molecule has 2 N–H and O–H groups in total. The van der Waals surface area contributed by atoms with Crippen molar-refractivity contribution in [1.82, 2.24) is 19.8 Å². The molecule has 2 amide bonds. The van der Waals surface area contributed by atoms with Gasteiger partial charge in [-0.3, -0.25) is 9.59 Å². The van der Waals surface area contributed by atoms with Gasteiger partial charge >= 0.3 is 0 Å². The topological polar surface area (TPSA) is 98.8 Å². The molecule has 0 bridgehead atoms. The van der Waals surface area contributed by atoms with E-state index in [9.17, 15) is 18.0 Å². The van der Waals surface area contributed by atoms with Gasteiger partial charge < -0.3 is 15.5 Å². The Morgan fingerprint density at radius 2 is 1.69 bits per heavy atom. The number of hydrogen-bond donors (Lipinski definition) is 2. The second kappa shape index (κ2) is 7.44. The van der Waals surface area contributed by atoms with Crippen molar-refractivity contribution >= 4 is 21.8 Å². The third-order valence-electron chi connectivity index (χ3n) is 5.46. The van der Waals surface area contributed by atoms with Crippen molar-refractivity contribution in [3.63, 3.8) is 0 Å². The minimum Gasteiger partial charge on any atom is -0.342 e. The smallest absolute Gasteiger partial charge is 0.245 e. The Balaban J connectivity index is 2.18. The number of nitrogens with zero attached hydrogens (tertiary/aromatic N) is 2. The van der Waals surface area contributed by atoms with Crippen LogP contribution in [0.5, 0.6) is 0 Å². The molecule has 150 valence electrons. The first-order chi connectivity index (χ1) is 11.9. The molecule has 0 radical (unpaired) electrons. The highest BCUT2D eigenvalue weighted by Gasteiger charge is 2.49. The summed E-state index contributed by atoms with van der Waals surface area (Å²) >= 11 is 0. The Labute approximate surface area is 156 Å². The van der Waals surface area contributed by atoms with E-state index in [1.54, 1.807) is 18.9 Å². The van der Waals surface area contributed by atoms with Crippen LogP contribution in [0.25, 0.3) is 0 Å². The number of carbonyl (C=O) groups excluding carboxylic acids is 2. The fourth-order valence-electron chi connectivity index (χ4n) is 3.84. The van der Waals surface area contributed by atoms with Crippen molar-refractivity contribution in [3.8, 4) is 0 Å². The Hall–Kier alpha value is -1.19. The van der Waals surface area contributed by atoms with E-state index < -0.39 is 27.5 Å². The van der Waals surface area contributed by atoms with Crippen LogP contribution < -0.4 is 10.6 Å². The Morgan fingerprint density at radius 3 is 2.19 bits per heavy atom. The van der Waals surface area contributed by atoms with E-state index >= 15 is 0 Å². The molecule has 2 aliphatic rings. The summed E-state index contributed by atoms with van der Waals surface area (Å²) in [5.74, 6) is -0.349. The molecular weight excluding hydrogens is 356 g/mol. The van der Waals surface area contributed by atoms with E-state index in [4.69, 9.17) is 0 Å². The van der Waals surface area contributed by atoms with Crippen LogP contribution in [0.2, 0.25) is 0 Å². The van der Waals surface area contributed by atoms with Crippen molar-refractivity contribution in [2.75, 3.05) is 26.4 Å². The monoisotopic (exact) mass is 388 g/mol. The number of carbonyl (C=O) groups is 2. The number of likely N-dealkylation sites (N-methyl/N-ethyl adjacent to an activating group) is 1. The third-order valence-corrected chi connectivity index (χ3v) is 6.77. The van der Waals surface area contributed by atoms with Gasteiger partial charge in [0.25, 0.3) is 0 Å². The molecular formula is C17H32N4O4S. The maximum atomic E-state index is 13.3. The number of sulfonamides is 1. The van der Waals surface area contributed by atoms with Crippen LogP contribution in [0.15, 0.2) is 0 Å². The summed E-state index contributed by atoms with van der Waals surface area (Å²) in [7, 11) is -1.57. The lowest BCUT2D eigenvalue weighted by Gasteiger charge is -2.36. The van der Waals surface area contributed by atoms with Crippen LogP contribution in [0.4, 0.5) is 0 Å². The highest BCUT2D eigenvalue weighted by Crippen LogP contribution is 2.35. The van der Waals surface area contributed by atoms with Gasteiger partial charge in [0.2, 0.25) is 21.8 Å². The van der Waals surface area contributed by atoms with Gasteiger partial charge in [-0.1, -0.05) is 20.8 Å². The number of likely N-dealkylation sites (tertiary alicyclic amines) is 1. The van der Waals surface area contributed by atoms with E-state index in [-0.39, 0.29) is 23.9 Å². The number of fused-ring (bicyclic) bond motifs is 1. The van der Waals surface area contributed by atoms with E-state index in [1.807, 2.05) is 20.8 Å². The SMILES string of the molecule is CN[C@@H](C)C(=O)NC(C(=O)N1CCC2C1CCN2S(C)(=O)=O)C(C)(C)C. The molecule has 0 aromatic carbocycles. The second-order valence-corrected chi connectivity index (χ2v) is 10.4. The quantitative estimate of drug-likeness (QED) is 0.677. The summed E-state index contributed by atoms with van der Waals surface area (Å²) in [6.07, 6.45) is 2.50. The maximum absolute atomic E-state index is 13.3. The van der Waals surface area contributed by atoms with Gasteiger partial charge in [-0.2, -0.15) is 4.31 Å². The molecule has 2 aliphatic heterocycles. The minimum atomic E-state index is -3.27. The molecule has 26 heavy (non-hydrogen) atoms. The minimum absolute atomic E-state index is 0.110. The molecule has 0 aliphatic carbocycles. The Kier molecular flexibility index (Phi) is 6.04. The van der Waals surface area contributed by atoms with Crippen molar-refractivity contribution in [2.45, 2.75) is 64.7 Å². The number of rotatable bonds is 5. The normalized spacial score (nSPS) is 26.5. The van der Waals surface area contributed by atoms with E-state index in [1.165, 1.54) is 10.6 Å².